The highest BCUT2D eigenvalue weighted by Crippen LogP contribution is 2.17. The minimum Gasteiger partial charge on any atom is -0.494 e. The molecule has 0 saturated heterocycles. The highest BCUT2D eigenvalue weighted by Gasteiger charge is 2.09. The van der Waals surface area contributed by atoms with Gasteiger partial charge in [0, 0.05) is 5.56 Å². The first kappa shape index (κ1) is 14.8. The van der Waals surface area contributed by atoms with Crippen molar-refractivity contribution in [2.24, 2.45) is 0 Å². The number of ether oxygens (including phenoxy) is 1. The standard InChI is InChI=1S/C16H19N3O2/c1-3-7-21-14-6-4-5-12(9-14)16(20)19-15-11(2)8-13(17)10-18-15/h4-6,8-10H,3,7,17H2,1-2H3,(H,18,19,20). The quantitative estimate of drug-likeness (QED) is 0.885. The van der Waals surface area contributed by atoms with Crippen LogP contribution in [-0.2, 0) is 0 Å². The van der Waals surface area contributed by atoms with Crippen LogP contribution >= 0.6 is 0 Å². The number of aromatic nitrogens is 1. The predicted molar refractivity (Wildman–Crippen MR) is 83.6 cm³/mol. The number of amides is 1. The third-order valence-corrected chi connectivity index (χ3v) is 2.90. The zero-order chi connectivity index (χ0) is 15.2. The molecule has 2 rings (SSSR count). The lowest BCUT2D eigenvalue weighted by Crippen LogP contribution is -2.14. The summed E-state index contributed by atoms with van der Waals surface area (Å²) in [4.78, 5) is 16.4. The number of hydrogen-bond acceptors (Lipinski definition) is 4. The summed E-state index contributed by atoms with van der Waals surface area (Å²) < 4.78 is 5.52. The molecule has 0 aliphatic carbocycles. The normalized spacial score (nSPS) is 10.2. The Bertz CT molecular complexity index is 641. The summed E-state index contributed by atoms with van der Waals surface area (Å²) in [6, 6.07) is 8.85. The second-order valence-electron chi connectivity index (χ2n) is 4.76. The number of carbonyl (C=O) groups is 1. The highest BCUT2D eigenvalue weighted by molar-refractivity contribution is 6.04. The maximum atomic E-state index is 12.2. The van der Waals surface area contributed by atoms with Crippen LogP contribution in [0.25, 0.3) is 0 Å². The van der Waals surface area contributed by atoms with E-state index in [0.29, 0.717) is 29.4 Å². The van der Waals surface area contributed by atoms with E-state index in [9.17, 15) is 4.79 Å². The SMILES string of the molecule is CCCOc1cccc(C(=O)Nc2ncc(N)cc2C)c1. The lowest BCUT2D eigenvalue weighted by molar-refractivity contribution is 0.102. The van der Waals surface area contributed by atoms with Crippen molar-refractivity contribution >= 4 is 17.4 Å². The molecule has 1 heterocycles. The summed E-state index contributed by atoms with van der Waals surface area (Å²) in [7, 11) is 0. The fraction of sp³-hybridized carbons (Fsp3) is 0.250. The number of pyridine rings is 1. The average Bonchev–Trinajstić information content (AvgIpc) is 2.48. The molecule has 1 aromatic carbocycles. The molecule has 0 atom stereocenters. The lowest BCUT2D eigenvalue weighted by Gasteiger charge is -2.09. The predicted octanol–water partition coefficient (Wildman–Crippen LogP) is 3.01. The summed E-state index contributed by atoms with van der Waals surface area (Å²) in [5.41, 5.74) is 7.56. The number of nitrogens with zero attached hydrogens (tertiary/aromatic N) is 1. The Hall–Kier alpha value is -2.56. The summed E-state index contributed by atoms with van der Waals surface area (Å²) >= 11 is 0. The van der Waals surface area contributed by atoms with Crippen molar-refractivity contribution in [3.8, 4) is 5.75 Å². The summed E-state index contributed by atoms with van der Waals surface area (Å²) in [6.45, 7) is 4.51. The van der Waals surface area contributed by atoms with E-state index in [1.807, 2.05) is 19.9 Å². The summed E-state index contributed by atoms with van der Waals surface area (Å²) in [5.74, 6) is 0.970. The highest BCUT2D eigenvalue weighted by atomic mass is 16.5. The van der Waals surface area contributed by atoms with Gasteiger partial charge in [0.1, 0.15) is 11.6 Å². The molecule has 3 N–H and O–H groups in total. The van der Waals surface area contributed by atoms with Crippen molar-refractivity contribution in [3.05, 3.63) is 47.7 Å². The van der Waals surface area contributed by atoms with E-state index in [4.69, 9.17) is 10.5 Å². The first-order valence-electron chi connectivity index (χ1n) is 6.86. The van der Waals surface area contributed by atoms with Crippen LogP contribution in [0.5, 0.6) is 5.75 Å². The maximum Gasteiger partial charge on any atom is 0.256 e. The van der Waals surface area contributed by atoms with Gasteiger partial charge in [-0.05, 0) is 43.2 Å². The second kappa shape index (κ2) is 6.74. The van der Waals surface area contributed by atoms with Crippen molar-refractivity contribution in [2.45, 2.75) is 20.3 Å². The molecule has 0 aliphatic heterocycles. The Balaban J connectivity index is 2.12. The molecule has 0 spiro atoms. The number of aryl methyl sites for hydroxylation is 1. The molecule has 0 radical (unpaired) electrons. The first-order chi connectivity index (χ1) is 10.1. The van der Waals surface area contributed by atoms with Crippen LogP contribution in [0.15, 0.2) is 36.5 Å². The molecule has 0 aliphatic rings. The number of nitrogen functional groups attached to an aromatic ring is 1. The molecule has 0 saturated carbocycles. The van der Waals surface area contributed by atoms with Crippen LogP contribution in [-0.4, -0.2) is 17.5 Å². The van der Waals surface area contributed by atoms with Crippen LogP contribution in [0.1, 0.15) is 29.3 Å². The van der Waals surface area contributed by atoms with E-state index in [-0.39, 0.29) is 5.91 Å². The third kappa shape index (κ3) is 3.95. The zero-order valence-electron chi connectivity index (χ0n) is 12.2. The lowest BCUT2D eigenvalue weighted by atomic mass is 10.2. The van der Waals surface area contributed by atoms with Gasteiger partial charge in [-0.25, -0.2) is 4.98 Å². The molecule has 5 nitrogen and oxygen atoms in total. The van der Waals surface area contributed by atoms with Crippen LogP contribution in [0, 0.1) is 6.92 Å². The fourth-order valence-electron chi connectivity index (χ4n) is 1.85. The van der Waals surface area contributed by atoms with E-state index in [1.54, 1.807) is 24.3 Å². The van der Waals surface area contributed by atoms with Gasteiger partial charge in [0.25, 0.3) is 5.91 Å². The van der Waals surface area contributed by atoms with Gasteiger partial charge < -0.3 is 15.8 Å². The molecular formula is C16H19N3O2. The summed E-state index contributed by atoms with van der Waals surface area (Å²) in [6.07, 6.45) is 2.44. The van der Waals surface area contributed by atoms with Gasteiger partial charge in [-0.15, -0.1) is 0 Å². The number of rotatable bonds is 5. The minimum absolute atomic E-state index is 0.225. The number of nitrogens with two attached hydrogens (primary N) is 1. The Morgan fingerprint density at radius 3 is 2.90 bits per heavy atom. The second-order valence-corrected chi connectivity index (χ2v) is 4.76. The van der Waals surface area contributed by atoms with E-state index in [1.165, 1.54) is 6.20 Å². The van der Waals surface area contributed by atoms with Gasteiger partial charge >= 0.3 is 0 Å². The first-order valence-corrected chi connectivity index (χ1v) is 6.86. The molecule has 0 fully saturated rings. The Morgan fingerprint density at radius 2 is 2.19 bits per heavy atom. The Kier molecular flexibility index (Phi) is 4.77. The molecule has 1 aromatic heterocycles. The van der Waals surface area contributed by atoms with Crippen molar-refractivity contribution < 1.29 is 9.53 Å². The molecule has 21 heavy (non-hydrogen) atoms. The van der Waals surface area contributed by atoms with Crippen LogP contribution < -0.4 is 15.8 Å². The molecule has 110 valence electrons. The van der Waals surface area contributed by atoms with Crippen molar-refractivity contribution in [1.29, 1.82) is 0 Å². The molecule has 0 bridgehead atoms. The summed E-state index contributed by atoms with van der Waals surface area (Å²) in [5, 5.41) is 2.78. The number of carbonyl (C=O) groups excluding carboxylic acids is 1. The molecular weight excluding hydrogens is 266 g/mol. The van der Waals surface area contributed by atoms with Crippen molar-refractivity contribution in [3.63, 3.8) is 0 Å². The monoisotopic (exact) mass is 285 g/mol. The zero-order valence-corrected chi connectivity index (χ0v) is 12.2. The van der Waals surface area contributed by atoms with Crippen molar-refractivity contribution in [1.82, 2.24) is 4.98 Å². The molecule has 0 unspecified atom stereocenters. The number of anilines is 2. The molecule has 2 aromatic rings. The van der Waals surface area contributed by atoms with E-state index in [0.717, 1.165) is 12.0 Å². The topological polar surface area (TPSA) is 77.2 Å². The van der Waals surface area contributed by atoms with Gasteiger partial charge in [-0.1, -0.05) is 13.0 Å². The van der Waals surface area contributed by atoms with E-state index in [2.05, 4.69) is 10.3 Å². The number of nitrogens with one attached hydrogen (secondary N) is 1. The van der Waals surface area contributed by atoms with Crippen molar-refractivity contribution in [2.75, 3.05) is 17.7 Å². The number of hydrogen-bond donors (Lipinski definition) is 2. The van der Waals surface area contributed by atoms with E-state index < -0.39 is 0 Å². The van der Waals surface area contributed by atoms with Gasteiger partial charge in [0.05, 0.1) is 18.5 Å². The Morgan fingerprint density at radius 1 is 1.38 bits per heavy atom. The Labute approximate surface area is 124 Å². The van der Waals surface area contributed by atoms with Gasteiger partial charge in [-0.2, -0.15) is 0 Å². The number of benzene rings is 1. The molecule has 1 amide bonds. The maximum absolute atomic E-state index is 12.2. The minimum atomic E-state index is -0.225. The van der Waals surface area contributed by atoms with Crippen LogP contribution in [0.3, 0.4) is 0 Å². The average molecular weight is 285 g/mol. The molecule has 5 heteroatoms. The third-order valence-electron chi connectivity index (χ3n) is 2.90. The van der Waals surface area contributed by atoms with Crippen LogP contribution in [0.2, 0.25) is 0 Å². The fourth-order valence-corrected chi connectivity index (χ4v) is 1.85. The van der Waals surface area contributed by atoms with Gasteiger partial charge in [0.15, 0.2) is 0 Å². The smallest absolute Gasteiger partial charge is 0.256 e. The van der Waals surface area contributed by atoms with Crippen LogP contribution in [0.4, 0.5) is 11.5 Å². The van der Waals surface area contributed by atoms with Gasteiger partial charge in [-0.3, -0.25) is 4.79 Å². The largest absolute Gasteiger partial charge is 0.494 e. The van der Waals surface area contributed by atoms with E-state index >= 15 is 0 Å². The van der Waals surface area contributed by atoms with Gasteiger partial charge in [0.2, 0.25) is 0 Å².